The van der Waals surface area contributed by atoms with E-state index in [-0.39, 0.29) is 0 Å². The molecular formula is C16H19N3O2S. The van der Waals surface area contributed by atoms with Gasteiger partial charge in [-0.1, -0.05) is 24.8 Å². The van der Waals surface area contributed by atoms with Crippen LogP contribution in [0.2, 0.25) is 0 Å². The molecule has 0 aliphatic carbocycles. The minimum absolute atomic E-state index is 0.331. The highest BCUT2D eigenvalue weighted by atomic mass is 32.2. The molecule has 0 atom stereocenters. The Balaban J connectivity index is 1.72. The van der Waals surface area contributed by atoms with Crippen LogP contribution in [-0.2, 0) is 10.0 Å². The van der Waals surface area contributed by atoms with Crippen molar-refractivity contribution in [2.24, 2.45) is 0 Å². The van der Waals surface area contributed by atoms with Crippen LogP contribution in [0.15, 0.2) is 54.5 Å². The lowest BCUT2D eigenvalue weighted by Gasteiger charge is -2.31. The number of nitrogens with zero attached hydrogens (tertiary/aromatic N) is 3. The number of sulfonamides is 1. The van der Waals surface area contributed by atoms with E-state index in [0.29, 0.717) is 24.0 Å². The summed E-state index contributed by atoms with van der Waals surface area (Å²) in [5, 5.41) is 0. The zero-order valence-electron chi connectivity index (χ0n) is 12.3. The van der Waals surface area contributed by atoms with E-state index in [9.17, 15) is 8.42 Å². The molecule has 0 unspecified atom stereocenters. The molecule has 0 amide bonds. The normalized spacial score (nSPS) is 17.5. The van der Waals surface area contributed by atoms with Gasteiger partial charge in [0.1, 0.15) is 0 Å². The summed E-state index contributed by atoms with van der Waals surface area (Å²) < 4.78 is 29.0. The summed E-state index contributed by atoms with van der Waals surface area (Å²) in [6.45, 7) is 4.75. The number of hydrogen-bond donors (Lipinski definition) is 0. The van der Waals surface area contributed by atoms with Crippen molar-refractivity contribution in [3.05, 3.63) is 55.1 Å². The number of hydrogen-bond acceptors (Lipinski definition) is 3. The minimum Gasteiger partial charge on any atom is -0.334 e. The second-order valence-corrected chi connectivity index (χ2v) is 7.36. The van der Waals surface area contributed by atoms with Crippen molar-refractivity contribution in [2.75, 3.05) is 13.1 Å². The van der Waals surface area contributed by atoms with E-state index >= 15 is 0 Å². The summed E-state index contributed by atoms with van der Waals surface area (Å²) in [5.41, 5.74) is 0.915. The number of aromatic nitrogens is 2. The van der Waals surface area contributed by atoms with Crippen molar-refractivity contribution in [1.82, 2.24) is 13.9 Å². The molecule has 1 saturated heterocycles. The largest absolute Gasteiger partial charge is 0.334 e. The van der Waals surface area contributed by atoms with E-state index in [2.05, 4.69) is 16.1 Å². The maximum atomic E-state index is 12.7. The minimum atomic E-state index is -3.41. The van der Waals surface area contributed by atoms with E-state index in [4.69, 9.17) is 0 Å². The third-order valence-electron chi connectivity index (χ3n) is 4.12. The molecule has 2 aromatic rings. The number of imidazole rings is 1. The highest BCUT2D eigenvalue weighted by molar-refractivity contribution is 7.89. The van der Waals surface area contributed by atoms with Gasteiger partial charge in [-0.2, -0.15) is 4.31 Å². The van der Waals surface area contributed by atoms with E-state index in [1.807, 2.05) is 6.20 Å². The molecule has 0 spiro atoms. The molecule has 0 saturated carbocycles. The van der Waals surface area contributed by atoms with Gasteiger partial charge >= 0.3 is 0 Å². The van der Waals surface area contributed by atoms with Crippen LogP contribution in [0.1, 0.15) is 24.4 Å². The molecule has 0 bridgehead atoms. The predicted molar refractivity (Wildman–Crippen MR) is 85.8 cm³/mol. The summed E-state index contributed by atoms with van der Waals surface area (Å²) >= 11 is 0. The molecular weight excluding hydrogens is 298 g/mol. The lowest BCUT2D eigenvalue weighted by Crippen LogP contribution is -2.38. The molecule has 0 N–H and O–H groups in total. The van der Waals surface area contributed by atoms with E-state index in [0.717, 1.165) is 18.4 Å². The van der Waals surface area contributed by atoms with Crippen molar-refractivity contribution in [2.45, 2.75) is 23.8 Å². The summed E-state index contributed by atoms with van der Waals surface area (Å²) in [5.74, 6) is 0. The summed E-state index contributed by atoms with van der Waals surface area (Å²) in [6, 6.07) is 7.18. The predicted octanol–water partition coefficient (Wildman–Crippen LogP) is 2.55. The van der Waals surface area contributed by atoms with Crippen LogP contribution < -0.4 is 0 Å². The van der Waals surface area contributed by atoms with Crippen LogP contribution >= 0.6 is 0 Å². The second-order valence-electron chi connectivity index (χ2n) is 5.42. The zero-order chi connectivity index (χ0) is 15.6. The molecule has 1 aliphatic heterocycles. The SMILES string of the molecule is C=Cc1ccc(S(=O)(=O)N2CCC(n3ccnc3)CC2)cc1. The highest BCUT2D eigenvalue weighted by Crippen LogP contribution is 2.26. The van der Waals surface area contributed by atoms with Crippen LogP contribution in [0, 0.1) is 0 Å². The first-order valence-electron chi connectivity index (χ1n) is 7.31. The molecule has 1 aromatic heterocycles. The van der Waals surface area contributed by atoms with Gasteiger partial charge in [0.2, 0.25) is 10.0 Å². The molecule has 3 rings (SSSR count). The lowest BCUT2D eigenvalue weighted by atomic mass is 10.1. The quantitative estimate of drug-likeness (QED) is 0.871. The fraction of sp³-hybridized carbons (Fsp3) is 0.312. The van der Waals surface area contributed by atoms with Crippen LogP contribution in [0.5, 0.6) is 0 Å². The molecule has 1 fully saturated rings. The Morgan fingerprint density at radius 1 is 1.18 bits per heavy atom. The Morgan fingerprint density at radius 2 is 1.86 bits per heavy atom. The molecule has 2 heterocycles. The first-order valence-corrected chi connectivity index (χ1v) is 8.75. The number of benzene rings is 1. The maximum Gasteiger partial charge on any atom is 0.243 e. The monoisotopic (exact) mass is 317 g/mol. The Hall–Kier alpha value is -1.92. The van der Waals surface area contributed by atoms with Crippen molar-refractivity contribution < 1.29 is 8.42 Å². The second kappa shape index (κ2) is 6.06. The van der Waals surface area contributed by atoms with Crippen LogP contribution in [0.4, 0.5) is 0 Å². The van der Waals surface area contributed by atoms with Crippen molar-refractivity contribution in [1.29, 1.82) is 0 Å². The third-order valence-corrected chi connectivity index (χ3v) is 6.04. The molecule has 0 radical (unpaired) electrons. The Bertz CT molecular complexity index is 728. The van der Waals surface area contributed by atoms with Crippen molar-refractivity contribution in [3.8, 4) is 0 Å². The van der Waals surface area contributed by atoms with Crippen LogP contribution in [-0.4, -0.2) is 35.4 Å². The molecule has 1 aliphatic rings. The van der Waals surface area contributed by atoms with Gasteiger partial charge in [0.15, 0.2) is 0 Å². The van der Waals surface area contributed by atoms with Gasteiger partial charge in [-0.05, 0) is 30.5 Å². The Morgan fingerprint density at radius 3 is 2.41 bits per heavy atom. The van der Waals surface area contributed by atoms with E-state index in [1.54, 1.807) is 47.2 Å². The van der Waals surface area contributed by atoms with Gasteiger partial charge in [0, 0.05) is 31.5 Å². The van der Waals surface area contributed by atoms with Crippen LogP contribution in [0.3, 0.4) is 0 Å². The fourth-order valence-corrected chi connectivity index (χ4v) is 4.26. The van der Waals surface area contributed by atoms with Crippen molar-refractivity contribution >= 4 is 16.1 Å². The first-order chi connectivity index (χ1) is 10.6. The highest BCUT2D eigenvalue weighted by Gasteiger charge is 2.29. The zero-order valence-corrected chi connectivity index (χ0v) is 13.1. The van der Waals surface area contributed by atoms with Gasteiger partial charge in [0.25, 0.3) is 0 Å². The van der Waals surface area contributed by atoms with Gasteiger partial charge in [-0.3, -0.25) is 0 Å². The molecule has 5 nitrogen and oxygen atoms in total. The standard InChI is InChI=1S/C16H19N3O2S/c1-2-14-3-5-16(6-4-14)22(20,21)19-10-7-15(8-11-19)18-12-9-17-13-18/h2-6,9,12-13,15H,1,7-8,10-11H2. The first kappa shape index (κ1) is 15.0. The van der Waals surface area contributed by atoms with Gasteiger partial charge in [0.05, 0.1) is 11.2 Å². The van der Waals surface area contributed by atoms with Crippen molar-refractivity contribution in [3.63, 3.8) is 0 Å². The van der Waals surface area contributed by atoms with Gasteiger partial charge in [-0.25, -0.2) is 13.4 Å². The number of rotatable bonds is 4. The average molecular weight is 317 g/mol. The molecule has 22 heavy (non-hydrogen) atoms. The average Bonchev–Trinajstić information content (AvgIpc) is 3.09. The van der Waals surface area contributed by atoms with E-state index < -0.39 is 10.0 Å². The third kappa shape index (κ3) is 2.84. The topological polar surface area (TPSA) is 55.2 Å². The lowest BCUT2D eigenvalue weighted by molar-refractivity contribution is 0.274. The molecule has 116 valence electrons. The fourth-order valence-electron chi connectivity index (χ4n) is 2.79. The van der Waals surface area contributed by atoms with E-state index in [1.165, 1.54) is 0 Å². The van der Waals surface area contributed by atoms with Gasteiger partial charge < -0.3 is 4.57 Å². The summed E-state index contributed by atoms with van der Waals surface area (Å²) in [6.07, 6.45) is 8.80. The Labute approximate surface area is 131 Å². The number of piperidine rings is 1. The molecule has 6 heteroatoms. The Kier molecular flexibility index (Phi) is 4.13. The maximum absolute atomic E-state index is 12.7. The molecule has 1 aromatic carbocycles. The van der Waals surface area contributed by atoms with Crippen LogP contribution in [0.25, 0.3) is 6.08 Å². The summed E-state index contributed by atoms with van der Waals surface area (Å²) in [4.78, 5) is 4.40. The summed E-state index contributed by atoms with van der Waals surface area (Å²) in [7, 11) is -3.41. The smallest absolute Gasteiger partial charge is 0.243 e. The van der Waals surface area contributed by atoms with Gasteiger partial charge in [-0.15, -0.1) is 0 Å².